The van der Waals surface area contributed by atoms with E-state index in [2.05, 4.69) is 5.32 Å². The van der Waals surface area contributed by atoms with Crippen LogP contribution in [0.3, 0.4) is 0 Å². The molecule has 166 valence electrons. The topological polar surface area (TPSA) is 104 Å². The number of aryl methyl sites for hydroxylation is 1. The Morgan fingerprint density at radius 2 is 1.84 bits per heavy atom. The highest BCUT2D eigenvalue weighted by molar-refractivity contribution is 7.93. The van der Waals surface area contributed by atoms with Gasteiger partial charge in [-0.05, 0) is 54.2 Å². The Labute approximate surface area is 186 Å². The molecule has 3 aliphatic heterocycles. The maximum Gasteiger partial charge on any atom is 0.255 e. The van der Waals surface area contributed by atoms with Crippen LogP contribution in [0.2, 0.25) is 0 Å². The van der Waals surface area contributed by atoms with Gasteiger partial charge in [-0.1, -0.05) is 24.3 Å². The van der Waals surface area contributed by atoms with Crippen LogP contribution in [0.5, 0.6) is 0 Å². The quantitative estimate of drug-likeness (QED) is 0.716. The molecule has 9 heteroatoms. The second kappa shape index (κ2) is 7.44. The van der Waals surface area contributed by atoms with Crippen LogP contribution in [0, 0.1) is 6.92 Å². The average Bonchev–Trinajstić information content (AvgIpc) is 3.27. The standard InChI is InChI=1S/C23H23N3O5S/c1-14-6-7-15(12-20(14)26-10-3-11-32(26,30)31)16-4-2-5-17-18(16)13-25(23(17)29)19-8-9-21(27)24-22(19)28/h2,4-7,12,19H,3,8-11,13H2,1H3,(H,24,27,28). The summed E-state index contributed by atoms with van der Waals surface area (Å²) in [5.41, 5.74) is 4.52. The molecule has 2 saturated heterocycles. The van der Waals surface area contributed by atoms with Crippen LogP contribution >= 0.6 is 0 Å². The molecule has 2 aromatic carbocycles. The third-order valence-corrected chi connectivity index (χ3v) is 8.33. The molecule has 0 aromatic heterocycles. The van der Waals surface area contributed by atoms with Crippen LogP contribution in [0.1, 0.15) is 40.7 Å². The monoisotopic (exact) mass is 453 g/mol. The number of nitrogens with zero attached hydrogens (tertiary/aromatic N) is 2. The Kier molecular flexibility index (Phi) is 4.81. The van der Waals surface area contributed by atoms with E-state index in [4.69, 9.17) is 0 Å². The van der Waals surface area contributed by atoms with Crippen molar-refractivity contribution in [3.8, 4) is 11.1 Å². The first kappa shape index (κ1) is 20.7. The molecule has 5 rings (SSSR count). The van der Waals surface area contributed by atoms with Gasteiger partial charge in [-0.3, -0.25) is 24.0 Å². The molecule has 0 saturated carbocycles. The fraction of sp³-hybridized carbons (Fsp3) is 0.348. The maximum absolute atomic E-state index is 13.1. The fourth-order valence-electron chi connectivity index (χ4n) is 4.81. The number of imide groups is 1. The number of amides is 3. The number of piperidine rings is 1. The lowest BCUT2D eigenvalue weighted by Gasteiger charge is -2.29. The van der Waals surface area contributed by atoms with E-state index in [9.17, 15) is 22.8 Å². The molecule has 1 unspecified atom stereocenters. The number of sulfonamides is 1. The van der Waals surface area contributed by atoms with Crippen molar-refractivity contribution < 1.29 is 22.8 Å². The highest BCUT2D eigenvalue weighted by atomic mass is 32.2. The van der Waals surface area contributed by atoms with E-state index in [1.165, 1.54) is 9.21 Å². The zero-order chi connectivity index (χ0) is 22.6. The molecule has 2 aromatic rings. The van der Waals surface area contributed by atoms with Crippen LogP contribution in [-0.2, 0) is 26.2 Å². The summed E-state index contributed by atoms with van der Waals surface area (Å²) in [6, 6.07) is 10.5. The molecule has 1 N–H and O–H groups in total. The molecular formula is C23H23N3O5S. The van der Waals surface area contributed by atoms with Crippen molar-refractivity contribution in [3.63, 3.8) is 0 Å². The number of hydrogen-bond acceptors (Lipinski definition) is 5. The Hall–Kier alpha value is -3.20. The predicted octanol–water partition coefficient (Wildman–Crippen LogP) is 1.96. The third kappa shape index (κ3) is 3.28. The zero-order valence-electron chi connectivity index (χ0n) is 17.6. The first-order valence-electron chi connectivity index (χ1n) is 10.6. The first-order valence-corrected chi connectivity index (χ1v) is 12.3. The molecule has 32 heavy (non-hydrogen) atoms. The number of rotatable bonds is 3. The lowest BCUT2D eigenvalue weighted by molar-refractivity contribution is -0.136. The summed E-state index contributed by atoms with van der Waals surface area (Å²) in [6.45, 7) is 2.61. The van der Waals surface area contributed by atoms with Crippen molar-refractivity contribution in [2.45, 2.75) is 38.8 Å². The smallest absolute Gasteiger partial charge is 0.255 e. The number of benzene rings is 2. The number of hydrogen-bond donors (Lipinski definition) is 1. The Balaban J connectivity index is 1.53. The number of anilines is 1. The van der Waals surface area contributed by atoms with Gasteiger partial charge in [0.15, 0.2) is 0 Å². The minimum Gasteiger partial charge on any atom is -0.322 e. The van der Waals surface area contributed by atoms with Crippen molar-refractivity contribution >= 4 is 33.4 Å². The Morgan fingerprint density at radius 1 is 1.06 bits per heavy atom. The minimum absolute atomic E-state index is 0.146. The van der Waals surface area contributed by atoms with Gasteiger partial charge < -0.3 is 4.90 Å². The van der Waals surface area contributed by atoms with Crippen molar-refractivity contribution in [2.24, 2.45) is 0 Å². The summed E-state index contributed by atoms with van der Waals surface area (Å²) in [6.07, 6.45) is 1.11. The van der Waals surface area contributed by atoms with E-state index < -0.39 is 22.0 Å². The van der Waals surface area contributed by atoms with Crippen LogP contribution in [0.25, 0.3) is 11.1 Å². The van der Waals surface area contributed by atoms with E-state index in [0.29, 0.717) is 30.6 Å². The van der Waals surface area contributed by atoms with Crippen molar-refractivity contribution in [1.82, 2.24) is 10.2 Å². The number of fused-ring (bicyclic) bond motifs is 1. The molecule has 8 nitrogen and oxygen atoms in total. The number of carbonyl (C=O) groups is 3. The Morgan fingerprint density at radius 3 is 2.56 bits per heavy atom. The predicted molar refractivity (Wildman–Crippen MR) is 118 cm³/mol. The van der Waals surface area contributed by atoms with Gasteiger partial charge in [0.25, 0.3) is 5.91 Å². The van der Waals surface area contributed by atoms with Gasteiger partial charge in [-0.15, -0.1) is 0 Å². The highest BCUT2D eigenvalue weighted by Crippen LogP contribution is 2.37. The summed E-state index contributed by atoms with van der Waals surface area (Å²) in [7, 11) is -3.32. The van der Waals surface area contributed by atoms with Crippen molar-refractivity contribution in [2.75, 3.05) is 16.6 Å². The third-order valence-electron chi connectivity index (χ3n) is 6.47. The van der Waals surface area contributed by atoms with Gasteiger partial charge in [0.2, 0.25) is 21.8 Å². The van der Waals surface area contributed by atoms with Gasteiger partial charge in [0.05, 0.1) is 11.4 Å². The van der Waals surface area contributed by atoms with Gasteiger partial charge >= 0.3 is 0 Å². The van der Waals surface area contributed by atoms with Crippen LogP contribution in [0.4, 0.5) is 5.69 Å². The second-order valence-electron chi connectivity index (χ2n) is 8.47. The largest absolute Gasteiger partial charge is 0.322 e. The van der Waals surface area contributed by atoms with Crippen LogP contribution in [-0.4, -0.2) is 49.4 Å². The lowest BCUT2D eigenvalue weighted by Crippen LogP contribution is -2.52. The highest BCUT2D eigenvalue weighted by Gasteiger charge is 2.40. The molecule has 3 heterocycles. The molecule has 3 aliphatic rings. The van der Waals surface area contributed by atoms with Crippen molar-refractivity contribution in [3.05, 3.63) is 53.1 Å². The minimum atomic E-state index is -3.32. The van der Waals surface area contributed by atoms with Gasteiger partial charge in [-0.25, -0.2) is 8.42 Å². The molecule has 2 fully saturated rings. The normalized spacial score (nSPS) is 22.3. The van der Waals surface area contributed by atoms with E-state index in [1.54, 1.807) is 12.1 Å². The van der Waals surface area contributed by atoms with Gasteiger partial charge in [-0.2, -0.15) is 0 Å². The molecule has 0 radical (unpaired) electrons. The summed E-state index contributed by atoms with van der Waals surface area (Å²) in [5.74, 6) is -0.848. The van der Waals surface area contributed by atoms with E-state index in [1.807, 2.05) is 31.2 Å². The van der Waals surface area contributed by atoms with Crippen LogP contribution < -0.4 is 9.62 Å². The Bertz CT molecular complexity index is 1270. The van der Waals surface area contributed by atoms with E-state index in [0.717, 1.165) is 22.3 Å². The summed E-state index contributed by atoms with van der Waals surface area (Å²) < 4.78 is 26.4. The summed E-state index contributed by atoms with van der Waals surface area (Å²) >= 11 is 0. The number of carbonyl (C=O) groups excluding carboxylic acids is 3. The number of nitrogens with one attached hydrogen (secondary N) is 1. The zero-order valence-corrected chi connectivity index (χ0v) is 18.4. The average molecular weight is 454 g/mol. The lowest BCUT2D eigenvalue weighted by atomic mass is 9.95. The molecule has 0 aliphatic carbocycles. The van der Waals surface area contributed by atoms with Crippen LogP contribution in [0.15, 0.2) is 36.4 Å². The maximum atomic E-state index is 13.1. The van der Waals surface area contributed by atoms with E-state index in [-0.39, 0.29) is 30.5 Å². The van der Waals surface area contributed by atoms with Gasteiger partial charge in [0.1, 0.15) is 6.04 Å². The summed E-state index contributed by atoms with van der Waals surface area (Å²) in [4.78, 5) is 38.5. The molecule has 0 spiro atoms. The molecule has 3 amide bonds. The first-order chi connectivity index (χ1) is 15.3. The van der Waals surface area contributed by atoms with Crippen molar-refractivity contribution in [1.29, 1.82) is 0 Å². The SMILES string of the molecule is Cc1ccc(-c2cccc3c2CN(C2CCC(=O)NC2=O)C3=O)cc1N1CCCS1(=O)=O. The molecular weight excluding hydrogens is 430 g/mol. The summed E-state index contributed by atoms with van der Waals surface area (Å²) in [5, 5.41) is 2.32. The van der Waals surface area contributed by atoms with Gasteiger partial charge in [0, 0.05) is 25.1 Å². The van der Waals surface area contributed by atoms with E-state index >= 15 is 0 Å². The second-order valence-corrected chi connectivity index (χ2v) is 10.5. The molecule has 1 atom stereocenters. The fourth-order valence-corrected chi connectivity index (χ4v) is 6.43. The molecule has 0 bridgehead atoms.